The second kappa shape index (κ2) is 4.94. The predicted molar refractivity (Wildman–Crippen MR) is 62.5 cm³/mol. The fraction of sp³-hybridized carbons (Fsp3) is 0.400. The maximum absolute atomic E-state index is 10.1. The number of methoxy groups -OCH3 is 1. The minimum absolute atomic E-state index is 0.284. The molecule has 4 N–H and O–H groups in total. The van der Waals surface area contributed by atoms with Crippen LogP contribution < -0.4 is 16.0 Å². The fourth-order valence-corrected chi connectivity index (χ4v) is 1.84. The molecule has 1 aromatic rings. The Labute approximate surface area is 97.5 Å². The molecule has 0 fully saturated rings. The molecule has 0 aromatic heterocycles. The van der Waals surface area contributed by atoms with Crippen molar-refractivity contribution >= 4 is 15.9 Å². The van der Waals surface area contributed by atoms with Crippen LogP contribution in [-0.4, -0.2) is 18.8 Å². The minimum atomic E-state index is -0.996. The lowest BCUT2D eigenvalue weighted by atomic mass is 9.96. The smallest absolute Gasteiger partial charge is 0.133 e. The minimum Gasteiger partial charge on any atom is -0.496 e. The number of aliphatic hydroxyl groups is 1. The second-order valence-corrected chi connectivity index (χ2v) is 4.36. The van der Waals surface area contributed by atoms with Crippen LogP contribution in [0.4, 0.5) is 0 Å². The molecule has 0 aliphatic heterocycles. The molecular weight excluding hydrogens is 260 g/mol. The lowest BCUT2D eigenvalue weighted by Crippen LogP contribution is -2.38. The van der Waals surface area contributed by atoms with Gasteiger partial charge in [0.15, 0.2) is 0 Å². The summed E-state index contributed by atoms with van der Waals surface area (Å²) in [4.78, 5) is 0. The van der Waals surface area contributed by atoms with Crippen LogP contribution in [0, 0.1) is 0 Å². The largest absolute Gasteiger partial charge is 0.496 e. The van der Waals surface area contributed by atoms with E-state index in [1.54, 1.807) is 26.2 Å². The molecule has 0 spiro atoms. The highest BCUT2D eigenvalue weighted by molar-refractivity contribution is 9.10. The summed E-state index contributed by atoms with van der Waals surface area (Å²) >= 11 is 3.36. The van der Waals surface area contributed by atoms with Gasteiger partial charge in [-0.25, -0.2) is 0 Å². The van der Waals surface area contributed by atoms with Crippen LogP contribution in [-0.2, 0) is 5.60 Å². The number of hydrogen-bond donors (Lipinski definition) is 3. The van der Waals surface area contributed by atoms with E-state index < -0.39 is 5.60 Å². The Morgan fingerprint density at radius 3 is 2.73 bits per heavy atom. The van der Waals surface area contributed by atoms with Gasteiger partial charge in [-0.15, -0.1) is 0 Å². The number of hydrazine groups is 1. The van der Waals surface area contributed by atoms with E-state index in [0.29, 0.717) is 0 Å². The first-order valence-electron chi connectivity index (χ1n) is 4.51. The molecule has 15 heavy (non-hydrogen) atoms. The van der Waals surface area contributed by atoms with Crippen LogP contribution in [0.15, 0.2) is 22.7 Å². The van der Waals surface area contributed by atoms with Gasteiger partial charge >= 0.3 is 0 Å². The summed E-state index contributed by atoms with van der Waals surface area (Å²) in [6, 6.07) is 5.42. The third kappa shape index (κ3) is 2.92. The average molecular weight is 275 g/mol. The van der Waals surface area contributed by atoms with Crippen LogP contribution in [0.5, 0.6) is 5.75 Å². The summed E-state index contributed by atoms with van der Waals surface area (Å²) in [7, 11) is 1.60. The van der Waals surface area contributed by atoms with E-state index in [9.17, 15) is 5.11 Å². The van der Waals surface area contributed by atoms with Gasteiger partial charge in [-0.05, 0) is 40.5 Å². The summed E-state index contributed by atoms with van der Waals surface area (Å²) in [5.74, 6) is 5.93. The molecule has 4 nitrogen and oxygen atoms in total. The fourth-order valence-electron chi connectivity index (χ4n) is 1.30. The molecule has 1 atom stereocenters. The molecule has 1 rings (SSSR count). The van der Waals surface area contributed by atoms with Crippen LogP contribution in [0.3, 0.4) is 0 Å². The quantitative estimate of drug-likeness (QED) is 0.569. The molecule has 0 amide bonds. The number of benzene rings is 1. The number of ether oxygens (including phenoxy) is 1. The van der Waals surface area contributed by atoms with E-state index in [1.807, 2.05) is 6.07 Å². The number of halogens is 1. The van der Waals surface area contributed by atoms with Gasteiger partial charge in [-0.3, -0.25) is 11.3 Å². The van der Waals surface area contributed by atoms with Crippen LogP contribution in [0.2, 0.25) is 0 Å². The predicted octanol–water partition coefficient (Wildman–Crippen LogP) is 1.13. The summed E-state index contributed by atoms with van der Waals surface area (Å²) in [6.45, 7) is 1.98. The van der Waals surface area contributed by atoms with E-state index in [4.69, 9.17) is 10.6 Å². The molecule has 0 aliphatic rings. The number of nitrogens with one attached hydrogen (secondary N) is 1. The maximum Gasteiger partial charge on any atom is 0.133 e. The van der Waals surface area contributed by atoms with Gasteiger partial charge in [0.1, 0.15) is 11.4 Å². The molecule has 1 unspecified atom stereocenters. The third-order valence-corrected chi connectivity index (χ3v) is 2.84. The Bertz CT molecular complexity index is 342. The summed E-state index contributed by atoms with van der Waals surface area (Å²) in [5.41, 5.74) is 2.23. The Hall–Kier alpha value is -0.620. The molecule has 0 radical (unpaired) electrons. The number of hydrogen-bond acceptors (Lipinski definition) is 4. The van der Waals surface area contributed by atoms with Crippen molar-refractivity contribution in [1.82, 2.24) is 5.43 Å². The van der Waals surface area contributed by atoms with Crippen molar-refractivity contribution in [2.24, 2.45) is 5.84 Å². The Balaban J connectivity index is 3.01. The van der Waals surface area contributed by atoms with Crippen molar-refractivity contribution in [3.8, 4) is 5.75 Å². The third-order valence-electron chi connectivity index (χ3n) is 2.22. The molecule has 5 heteroatoms. The summed E-state index contributed by atoms with van der Waals surface area (Å²) in [5, 5.41) is 10.1. The van der Waals surface area contributed by atoms with Crippen LogP contribution in [0.25, 0.3) is 0 Å². The van der Waals surface area contributed by atoms with Gasteiger partial charge in [-0.1, -0.05) is 6.07 Å². The van der Waals surface area contributed by atoms with Crippen molar-refractivity contribution in [3.05, 3.63) is 28.2 Å². The standard InChI is InChI=1S/C10H15BrN2O2/c1-10(14,6-13-12)7-3-4-9(15-2)8(11)5-7/h3-5,13-14H,6,12H2,1-2H3. The number of rotatable bonds is 4. The second-order valence-electron chi connectivity index (χ2n) is 3.50. The van der Waals surface area contributed by atoms with Gasteiger partial charge in [0, 0.05) is 6.54 Å². The molecule has 0 heterocycles. The van der Waals surface area contributed by atoms with E-state index >= 15 is 0 Å². The van der Waals surface area contributed by atoms with Gasteiger partial charge in [0.05, 0.1) is 11.6 Å². The van der Waals surface area contributed by atoms with E-state index in [0.717, 1.165) is 15.8 Å². The average Bonchev–Trinajstić information content (AvgIpc) is 2.17. The Morgan fingerprint density at radius 1 is 1.60 bits per heavy atom. The Kier molecular flexibility index (Phi) is 4.10. The molecule has 0 bridgehead atoms. The molecular formula is C10H15BrN2O2. The SMILES string of the molecule is COc1ccc(C(C)(O)CNN)cc1Br. The van der Waals surface area contributed by atoms with Gasteiger partial charge in [0.25, 0.3) is 0 Å². The molecule has 1 aromatic carbocycles. The molecule has 0 saturated heterocycles. The van der Waals surface area contributed by atoms with Crippen LogP contribution in [0.1, 0.15) is 12.5 Å². The Morgan fingerprint density at radius 2 is 2.27 bits per heavy atom. The van der Waals surface area contributed by atoms with Crippen molar-refractivity contribution < 1.29 is 9.84 Å². The van der Waals surface area contributed by atoms with E-state index in [1.165, 1.54) is 0 Å². The van der Waals surface area contributed by atoms with Crippen molar-refractivity contribution in [1.29, 1.82) is 0 Å². The lowest BCUT2D eigenvalue weighted by Gasteiger charge is -2.23. The van der Waals surface area contributed by atoms with E-state index in [-0.39, 0.29) is 6.54 Å². The first kappa shape index (κ1) is 12.4. The molecule has 0 saturated carbocycles. The van der Waals surface area contributed by atoms with E-state index in [2.05, 4.69) is 21.4 Å². The van der Waals surface area contributed by atoms with Crippen molar-refractivity contribution in [2.75, 3.05) is 13.7 Å². The zero-order valence-electron chi connectivity index (χ0n) is 8.75. The highest BCUT2D eigenvalue weighted by Crippen LogP contribution is 2.30. The monoisotopic (exact) mass is 274 g/mol. The van der Waals surface area contributed by atoms with Crippen LogP contribution >= 0.6 is 15.9 Å². The van der Waals surface area contributed by atoms with Crippen molar-refractivity contribution in [3.63, 3.8) is 0 Å². The normalized spacial score (nSPS) is 14.7. The zero-order valence-corrected chi connectivity index (χ0v) is 10.3. The maximum atomic E-state index is 10.1. The van der Waals surface area contributed by atoms with Gasteiger partial charge in [0.2, 0.25) is 0 Å². The van der Waals surface area contributed by atoms with Crippen molar-refractivity contribution in [2.45, 2.75) is 12.5 Å². The highest BCUT2D eigenvalue weighted by Gasteiger charge is 2.22. The summed E-state index contributed by atoms with van der Waals surface area (Å²) in [6.07, 6.45) is 0. The lowest BCUT2D eigenvalue weighted by molar-refractivity contribution is 0.0571. The van der Waals surface area contributed by atoms with Gasteiger partial charge < -0.3 is 9.84 Å². The molecule has 84 valence electrons. The topological polar surface area (TPSA) is 67.5 Å². The van der Waals surface area contributed by atoms with Gasteiger partial charge in [-0.2, -0.15) is 0 Å². The number of nitrogens with two attached hydrogens (primary N) is 1. The first-order valence-corrected chi connectivity index (χ1v) is 5.30. The molecule has 0 aliphatic carbocycles. The zero-order chi connectivity index (χ0) is 11.5. The summed E-state index contributed by atoms with van der Waals surface area (Å²) < 4.78 is 5.91. The highest BCUT2D eigenvalue weighted by atomic mass is 79.9. The first-order chi connectivity index (χ1) is 7.01.